The second-order valence-electron chi connectivity index (χ2n) is 6.18. The van der Waals surface area contributed by atoms with Gasteiger partial charge in [-0.2, -0.15) is 10.2 Å². The number of hydrogen-bond donors (Lipinski definition) is 0. The number of benzene rings is 2. The number of aryl methyl sites for hydroxylation is 1. The maximum atomic E-state index is 12.2. The van der Waals surface area contributed by atoms with Crippen molar-refractivity contribution in [3.63, 3.8) is 0 Å². The summed E-state index contributed by atoms with van der Waals surface area (Å²) >= 11 is 0. The van der Waals surface area contributed by atoms with E-state index in [4.69, 9.17) is 0 Å². The zero-order chi connectivity index (χ0) is 17.9. The van der Waals surface area contributed by atoms with Crippen LogP contribution in [-0.4, -0.2) is 19.6 Å². The topological polar surface area (TPSA) is 52.7 Å². The molecule has 0 N–H and O–H groups in total. The first-order valence-corrected chi connectivity index (χ1v) is 8.41. The molecule has 0 fully saturated rings. The molecule has 0 radical (unpaired) electrons. The van der Waals surface area contributed by atoms with Crippen LogP contribution in [0.15, 0.2) is 84.0 Å². The SMILES string of the molecule is Cn1cc(-c2ccc(-n3ccc(=O)c(Cc4ccccc4)n3)cc2)cn1. The van der Waals surface area contributed by atoms with Crippen LogP contribution >= 0.6 is 0 Å². The molecule has 128 valence electrons. The van der Waals surface area contributed by atoms with Crippen molar-refractivity contribution in [1.82, 2.24) is 19.6 Å². The third kappa shape index (κ3) is 3.32. The molecule has 0 unspecified atom stereocenters. The molecule has 5 nitrogen and oxygen atoms in total. The Hall–Kier alpha value is -3.47. The summed E-state index contributed by atoms with van der Waals surface area (Å²) in [5, 5.41) is 8.73. The smallest absolute Gasteiger partial charge is 0.203 e. The molecule has 5 heteroatoms. The van der Waals surface area contributed by atoms with Gasteiger partial charge >= 0.3 is 0 Å². The van der Waals surface area contributed by atoms with Gasteiger partial charge in [-0.3, -0.25) is 9.48 Å². The molecule has 4 aromatic rings. The summed E-state index contributed by atoms with van der Waals surface area (Å²) in [4.78, 5) is 12.2. The van der Waals surface area contributed by atoms with E-state index in [0.29, 0.717) is 12.1 Å². The minimum absolute atomic E-state index is 0.0444. The van der Waals surface area contributed by atoms with Gasteiger partial charge in [-0.25, -0.2) is 4.68 Å². The fourth-order valence-electron chi connectivity index (χ4n) is 2.88. The molecule has 2 aromatic heterocycles. The number of rotatable bonds is 4. The highest BCUT2D eigenvalue weighted by Crippen LogP contribution is 2.20. The van der Waals surface area contributed by atoms with Gasteiger partial charge in [-0.15, -0.1) is 0 Å². The van der Waals surface area contributed by atoms with E-state index in [1.807, 2.05) is 74.0 Å². The molecule has 2 heterocycles. The summed E-state index contributed by atoms with van der Waals surface area (Å²) in [6, 6.07) is 19.5. The van der Waals surface area contributed by atoms with Crippen LogP contribution < -0.4 is 5.43 Å². The maximum absolute atomic E-state index is 12.2. The molecule has 0 aliphatic rings. The number of aromatic nitrogens is 4. The van der Waals surface area contributed by atoms with Crippen LogP contribution in [0.2, 0.25) is 0 Å². The van der Waals surface area contributed by atoms with Crippen LogP contribution in [0, 0.1) is 0 Å². The van der Waals surface area contributed by atoms with Crippen molar-refractivity contribution in [2.45, 2.75) is 6.42 Å². The molecule has 0 bridgehead atoms. The fourth-order valence-corrected chi connectivity index (χ4v) is 2.88. The lowest BCUT2D eigenvalue weighted by molar-refractivity contribution is 0.768. The Kier molecular flexibility index (Phi) is 4.19. The van der Waals surface area contributed by atoms with Crippen LogP contribution in [0.1, 0.15) is 11.3 Å². The van der Waals surface area contributed by atoms with Gasteiger partial charge in [0.1, 0.15) is 5.69 Å². The van der Waals surface area contributed by atoms with Crippen LogP contribution in [-0.2, 0) is 13.5 Å². The molecule has 0 amide bonds. The Morgan fingerprint density at radius 2 is 1.69 bits per heavy atom. The van der Waals surface area contributed by atoms with Crippen LogP contribution in [0.25, 0.3) is 16.8 Å². The van der Waals surface area contributed by atoms with Crippen molar-refractivity contribution in [2.75, 3.05) is 0 Å². The summed E-state index contributed by atoms with van der Waals surface area (Å²) in [6.07, 6.45) is 6.04. The second-order valence-corrected chi connectivity index (χ2v) is 6.18. The van der Waals surface area contributed by atoms with Gasteiger partial charge in [-0.1, -0.05) is 42.5 Å². The van der Waals surface area contributed by atoms with Crippen molar-refractivity contribution in [2.24, 2.45) is 7.05 Å². The first-order chi connectivity index (χ1) is 12.7. The third-order valence-electron chi connectivity index (χ3n) is 4.26. The van der Waals surface area contributed by atoms with Crippen LogP contribution in [0.3, 0.4) is 0 Å². The van der Waals surface area contributed by atoms with E-state index in [1.165, 1.54) is 0 Å². The van der Waals surface area contributed by atoms with Gasteiger partial charge in [0.2, 0.25) is 5.43 Å². The molecular weight excluding hydrogens is 324 g/mol. The molecule has 0 saturated carbocycles. The van der Waals surface area contributed by atoms with Crippen molar-refractivity contribution in [3.05, 3.63) is 101 Å². The summed E-state index contributed by atoms with van der Waals surface area (Å²) in [5.41, 5.74) is 4.63. The normalized spacial score (nSPS) is 10.8. The lowest BCUT2D eigenvalue weighted by atomic mass is 10.1. The molecular formula is C21H18N4O. The highest BCUT2D eigenvalue weighted by molar-refractivity contribution is 5.63. The quantitative estimate of drug-likeness (QED) is 0.572. The third-order valence-corrected chi connectivity index (χ3v) is 4.26. The average molecular weight is 342 g/mol. The molecule has 0 aliphatic heterocycles. The molecule has 0 spiro atoms. The van der Waals surface area contributed by atoms with Crippen LogP contribution in [0.4, 0.5) is 0 Å². The number of hydrogen-bond acceptors (Lipinski definition) is 3. The Balaban J connectivity index is 1.63. The number of nitrogens with zero attached hydrogens (tertiary/aromatic N) is 4. The van der Waals surface area contributed by atoms with Gasteiger partial charge in [0, 0.05) is 37.5 Å². The Bertz CT molecular complexity index is 1080. The van der Waals surface area contributed by atoms with E-state index in [1.54, 1.807) is 21.6 Å². The summed E-state index contributed by atoms with van der Waals surface area (Å²) in [5.74, 6) is 0. The van der Waals surface area contributed by atoms with Gasteiger partial charge in [-0.05, 0) is 23.3 Å². The minimum atomic E-state index is -0.0444. The van der Waals surface area contributed by atoms with Crippen molar-refractivity contribution < 1.29 is 0 Å². The summed E-state index contributed by atoms with van der Waals surface area (Å²) < 4.78 is 3.52. The molecule has 0 saturated heterocycles. The Morgan fingerprint density at radius 1 is 0.923 bits per heavy atom. The molecule has 0 atom stereocenters. The minimum Gasteiger partial charge on any atom is -0.288 e. The molecule has 2 aromatic carbocycles. The largest absolute Gasteiger partial charge is 0.288 e. The highest BCUT2D eigenvalue weighted by Gasteiger charge is 2.06. The van der Waals surface area contributed by atoms with Crippen molar-refractivity contribution >= 4 is 0 Å². The molecule has 0 aliphatic carbocycles. The Labute approximate surface area is 151 Å². The van der Waals surface area contributed by atoms with E-state index in [9.17, 15) is 4.79 Å². The van der Waals surface area contributed by atoms with Crippen LogP contribution in [0.5, 0.6) is 0 Å². The van der Waals surface area contributed by atoms with E-state index in [0.717, 1.165) is 22.4 Å². The maximum Gasteiger partial charge on any atom is 0.203 e. The first kappa shape index (κ1) is 16.0. The van der Waals surface area contributed by atoms with Gasteiger partial charge in [0.05, 0.1) is 11.9 Å². The van der Waals surface area contributed by atoms with Gasteiger partial charge in [0.15, 0.2) is 0 Å². The summed E-state index contributed by atoms with van der Waals surface area (Å²) in [7, 11) is 1.90. The predicted octanol–water partition coefficient (Wildman–Crippen LogP) is 3.22. The first-order valence-electron chi connectivity index (χ1n) is 8.41. The zero-order valence-electron chi connectivity index (χ0n) is 14.4. The lowest BCUT2D eigenvalue weighted by Crippen LogP contribution is -2.16. The molecule has 4 rings (SSSR count). The molecule has 26 heavy (non-hydrogen) atoms. The van der Waals surface area contributed by atoms with E-state index >= 15 is 0 Å². The van der Waals surface area contributed by atoms with Gasteiger partial charge < -0.3 is 0 Å². The fraction of sp³-hybridized carbons (Fsp3) is 0.0952. The second kappa shape index (κ2) is 6.80. The van der Waals surface area contributed by atoms with E-state index < -0.39 is 0 Å². The lowest BCUT2D eigenvalue weighted by Gasteiger charge is -2.08. The van der Waals surface area contributed by atoms with Gasteiger partial charge in [0.25, 0.3) is 0 Å². The standard InChI is InChI=1S/C21H18N4O/c1-24-15-18(14-22-24)17-7-9-19(10-8-17)25-12-11-21(26)20(23-25)13-16-5-3-2-4-6-16/h2-12,14-15H,13H2,1H3. The Morgan fingerprint density at radius 3 is 2.38 bits per heavy atom. The zero-order valence-corrected chi connectivity index (χ0v) is 14.4. The van der Waals surface area contributed by atoms with E-state index in [-0.39, 0.29) is 5.43 Å². The predicted molar refractivity (Wildman–Crippen MR) is 101 cm³/mol. The summed E-state index contributed by atoms with van der Waals surface area (Å²) in [6.45, 7) is 0. The average Bonchev–Trinajstić information content (AvgIpc) is 3.11. The van der Waals surface area contributed by atoms with Crippen molar-refractivity contribution in [1.29, 1.82) is 0 Å². The van der Waals surface area contributed by atoms with E-state index in [2.05, 4.69) is 10.2 Å². The van der Waals surface area contributed by atoms with Crippen molar-refractivity contribution in [3.8, 4) is 16.8 Å². The highest BCUT2D eigenvalue weighted by atomic mass is 16.1. The monoisotopic (exact) mass is 342 g/mol.